The Kier molecular flexibility index (Phi) is 5.33. The van der Waals surface area contributed by atoms with Gasteiger partial charge in [-0.05, 0) is 56.8 Å². The highest BCUT2D eigenvalue weighted by atomic mass is 16.1. The number of pyridine rings is 1. The SMILES string of the molecule is CC(NC(=O)CCC1CCNCC1)c1cccnc1. The van der Waals surface area contributed by atoms with Gasteiger partial charge in [0.15, 0.2) is 0 Å². The fraction of sp³-hybridized carbons (Fsp3) is 0.600. The first-order valence-electron chi connectivity index (χ1n) is 7.15. The number of nitrogens with one attached hydrogen (secondary N) is 2. The Balaban J connectivity index is 1.71. The molecule has 1 saturated heterocycles. The van der Waals surface area contributed by atoms with Crippen molar-refractivity contribution >= 4 is 5.91 Å². The molecule has 1 aromatic rings. The van der Waals surface area contributed by atoms with Crippen molar-refractivity contribution in [2.45, 2.75) is 38.6 Å². The third kappa shape index (κ3) is 4.63. The Bertz CT molecular complexity index is 388. The second-order valence-electron chi connectivity index (χ2n) is 5.31. The molecular weight excluding hydrogens is 238 g/mol. The van der Waals surface area contributed by atoms with E-state index in [1.807, 2.05) is 19.1 Å². The van der Waals surface area contributed by atoms with Gasteiger partial charge >= 0.3 is 0 Å². The van der Waals surface area contributed by atoms with Gasteiger partial charge in [-0.3, -0.25) is 9.78 Å². The Labute approximate surface area is 115 Å². The number of carbonyl (C=O) groups is 1. The van der Waals surface area contributed by atoms with Gasteiger partial charge in [0.1, 0.15) is 0 Å². The highest BCUT2D eigenvalue weighted by molar-refractivity contribution is 5.76. The van der Waals surface area contributed by atoms with Gasteiger partial charge in [0.25, 0.3) is 0 Å². The van der Waals surface area contributed by atoms with Crippen molar-refractivity contribution in [2.24, 2.45) is 5.92 Å². The third-order valence-electron chi connectivity index (χ3n) is 3.80. The summed E-state index contributed by atoms with van der Waals surface area (Å²) in [5.41, 5.74) is 1.05. The summed E-state index contributed by atoms with van der Waals surface area (Å²) < 4.78 is 0. The van der Waals surface area contributed by atoms with E-state index in [9.17, 15) is 4.79 Å². The van der Waals surface area contributed by atoms with E-state index >= 15 is 0 Å². The minimum absolute atomic E-state index is 0.0363. The average molecular weight is 261 g/mol. The quantitative estimate of drug-likeness (QED) is 0.853. The van der Waals surface area contributed by atoms with Gasteiger partial charge in [-0.15, -0.1) is 0 Å². The van der Waals surface area contributed by atoms with Gasteiger partial charge in [0.05, 0.1) is 6.04 Å². The molecule has 0 spiro atoms. The minimum Gasteiger partial charge on any atom is -0.350 e. The second-order valence-corrected chi connectivity index (χ2v) is 5.31. The van der Waals surface area contributed by atoms with E-state index in [1.165, 1.54) is 12.8 Å². The lowest BCUT2D eigenvalue weighted by atomic mass is 9.93. The zero-order chi connectivity index (χ0) is 13.5. The summed E-state index contributed by atoms with van der Waals surface area (Å²) in [7, 11) is 0. The second kappa shape index (κ2) is 7.24. The smallest absolute Gasteiger partial charge is 0.220 e. The van der Waals surface area contributed by atoms with Crippen molar-refractivity contribution in [3.8, 4) is 0 Å². The van der Waals surface area contributed by atoms with Crippen LogP contribution >= 0.6 is 0 Å². The van der Waals surface area contributed by atoms with E-state index in [1.54, 1.807) is 12.4 Å². The van der Waals surface area contributed by atoms with Crippen LogP contribution in [0.3, 0.4) is 0 Å². The Hall–Kier alpha value is -1.42. The average Bonchev–Trinajstić information content (AvgIpc) is 2.47. The number of hydrogen-bond acceptors (Lipinski definition) is 3. The monoisotopic (exact) mass is 261 g/mol. The molecule has 4 nitrogen and oxygen atoms in total. The van der Waals surface area contributed by atoms with Crippen LogP contribution in [0.5, 0.6) is 0 Å². The summed E-state index contributed by atoms with van der Waals surface area (Å²) in [6.07, 6.45) is 7.59. The molecule has 1 aliphatic heterocycles. The first-order chi connectivity index (χ1) is 9.25. The van der Waals surface area contributed by atoms with Gasteiger partial charge < -0.3 is 10.6 Å². The number of amides is 1. The van der Waals surface area contributed by atoms with E-state index in [0.717, 1.165) is 25.1 Å². The van der Waals surface area contributed by atoms with Gasteiger partial charge in [-0.1, -0.05) is 6.07 Å². The van der Waals surface area contributed by atoms with Gasteiger partial charge in [-0.2, -0.15) is 0 Å². The molecule has 0 saturated carbocycles. The summed E-state index contributed by atoms with van der Waals surface area (Å²) in [6, 6.07) is 3.92. The van der Waals surface area contributed by atoms with Crippen LogP contribution in [-0.2, 0) is 4.79 Å². The molecule has 2 N–H and O–H groups in total. The number of rotatable bonds is 5. The Morgan fingerprint density at radius 1 is 1.53 bits per heavy atom. The van der Waals surface area contributed by atoms with Gasteiger partial charge in [0.2, 0.25) is 5.91 Å². The van der Waals surface area contributed by atoms with Crippen LogP contribution < -0.4 is 10.6 Å². The molecule has 2 rings (SSSR count). The molecule has 0 bridgehead atoms. The van der Waals surface area contributed by atoms with Crippen molar-refractivity contribution in [1.29, 1.82) is 0 Å². The number of nitrogens with zero attached hydrogens (tertiary/aromatic N) is 1. The molecule has 1 fully saturated rings. The van der Waals surface area contributed by atoms with Gasteiger partial charge in [0, 0.05) is 18.8 Å². The maximum atomic E-state index is 11.9. The molecule has 1 aromatic heterocycles. The van der Waals surface area contributed by atoms with Crippen LogP contribution in [0.2, 0.25) is 0 Å². The van der Waals surface area contributed by atoms with Crippen LogP contribution in [-0.4, -0.2) is 24.0 Å². The van der Waals surface area contributed by atoms with E-state index in [0.29, 0.717) is 12.3 Å². The molecule has 2 heterocycles. The molecule has 19 heavy (non-hydrogen) atoms. The van der Waals surface area contributed by atoms with Crippen molar-refractivity contribution < 1.29 is 4.79 Å². The molecule has 0 radical (unpaired) electrons. The van der Waals surface area contributed by atoms with Crippen molar-refractivity contribution in [1.82, 2.24) is 15.6 Å². The maximum absolute atomic E-state index is 11.9. The summed E-state index contributed by atoms with van der Waals surface area (Å²) in [6.45, 7) is 4.19. The van der Waals surface area contributed by atoms with Crippen LogP contribution in [0.1, 0.15) is 44.2 Å². The van der Waals surface area contributed by atoms with Crippen LogP contribution in [0.25, 0.3) is 0 Å². The number of aromatic nitrogens is 1. The summed E-state index contributed by atoms with van der Waals surface area (Å²) in [5.74, 6) is 0.857. The van der Waals surface area contributed by atoms with Crippen LogP contribution in [0.15, 0.2) is 24.5 Å². The van der Waals surface area contributed by atoms with E-state index in [2.05, 4.69) is 15.6 Å². The lowest BCUT2D eigenvalue weighted by Crippen LogP contribution is -2.30. The first-order valence-corrected chi connectivity index (χ1v) is 7.15. The largest absolute Gasteiger partial charge is 0.350 e. The fourth-order valence-corrected chi connectivity index (χ4v) is 2.53. The van der Waals surface area contributed by atoms with E-state index in [-0.39, 0.29) is 11.9 Å². The van der Waals surface area contributed by atoms with E-state index in [4.69, 9.17) is 0 Å². The zero-order valence-corrected chi connectivity index (χ0v) is 11.6. The zero-order valence-electron chi connectivity index (χ0n) is 11.6. The Morgan fingerprint density at radius 3 is 3.00 bits per heavy atom. The molecule has 4 heteroatoms. The fourth-order valence-electron chi connectivity index (χ4n) is 2.53. The number of hydrogen-bond donors (Lipinski definition) is 2. The Morgan fingerprint density at radius 2 is 2.32 bits per heavy atom. The topological polar surface area (TPSA) is 54.0 Å². The standard InChI is InChI=1S/C15H23N3O/c1-12(14-3-2-8-17-11-14)18-15(19)5-4-13-6-9-16-10-7-13/h2-3,8,11-13,16H,4-7,9-10H2,1H3,(H,18,19). The first kappa shape index (κ1) is 14.0. The van der Waals surface area contributed by atoms with Crippen LogP contribution in [0.4, 0.5) is 0 Å². The molecule has 0 aliphatic carbocycles. The maximum Gasteiger partial charge on any atom is 0.220 e. The lowest BCUT2D eigenvalue weighted by Gasteiger charge is -2.22. The van der Waals surface area contributed by atoms with Crippen LogP contribution in [0, 0.1) is 5.92 Å². The van der Waals surface area contributed by atoms with Gasteiger partial charge in [-0.25, -0.2) is 0 Å². The van der Waals surface area contributed by atoms with Crippen molar-refractivity contribution in [2.75, 3.05) is 13.1 Å². The molecular formula is C15H23N3O. The normalized spacial score (nSPS) is 17.9. The summed E-state index contributed by atoms with van der Waals surface area (Å²) in [4.78, 5) is 16.0. The molecule has 1 amide bonds. The molecule has 0 aromatic carbocycles. The highest BCUT2D eigenvalue weighted by Crippen LogP contribution is 2.18. The van der Waals surface area contributed by atoms with E-state index < -0.39 is 0 Å². The predicted molar refractivity (Wildman–Crippen MR) is 75.6 cm³/mol. The van der Waals surface area contributed by atoms with Crippen molar-refractivity contribution in [3.05, 3.63) is 30.1 Å². The summed E-state index contributed by atoms with van der Waals surface area (Å²) >= 11 is 0. The van der Waals surface area contributed by atoms with Crippen molar-refractivity contribution in [3.63, 3.8) is 0 Å². The molecule has 1 unspecified atom stereocenters. The highest BCUT2D eigenvalue weighted by Gasteiger charge is 2.15. The summed E-state index contributed by atoms with van der Waals surface area (Å²) in [5, 5.41) is 6.39. The molecule has 104 valence electrons. The molecule has 1 aliphatic rings. The molecule has 1 atom stereocenters. The number of carbonyl (C=O) groups excluding carboxylic acids is 1. The predicted octanol–water partition coefficient (Wildman–Crippen LogP) is 2.04. The lowest BCUT2D eigenvalue weighted by molar-refractivity contribution is -0.122. The minimum atomic E-state index is 0.0363. The third-order valence-corrected chi connectivity index (χ3v) is 3.80. The number of piperidine rings is 1.